The number of para-hydroxylation sites is 2. The van der Waals surface area contributed by atoms with E-state index in [1.54, 1.807) is 0 Å². The van der Waals surface area contributed by atoms with Crippen LogP contribution in [0.5, 0.6) is 0 Å². The highest BCUT2D eigenvalue weighted by atomic mass is 15.0. The first kappa shape index (κ1) is 28.5. The molecule has 1 aliphatic rings. The molecular formula is C49H34N2. The zero-order valence-electron chi connectivity index (χ0n) is 28.6. The van der Waals surface area contributed by atoms with Crippen molar-refractivity contribution in [2.75, 3.05) is 0 Å². The van der Waals surface area contributed by atoms with Crippen LogP contribution < -0.4 is 0 Å². The van der Waals surface area contributed by atoms with E-state index in [9.17, 15) is 0 Å². The molecule has 11 rings (SSSR count). The summed E-state index contributed by atoms with van der Waals surface area (Å²) in [6.45, 7) is 4.71. The van der Waals surface area contributed by atoms with Crippen LogP contribution in [0.2, 0.25) is 0 Å². The van der Waals surface area contributed by atoms with Crippen molar-refractivity contribution in [3.8, 4) is 33.6 Å². The maximum Gasteiger partial charge on any atom is 0.0541 e. The highest BCUT2D eigenvalue weighted by Gasteiger charge is 2.35. The number of fused-ring (bicyclic) bond motifs is 10. The minimum absolute atomic E-state index is 0.0523. The molecule has 0 fully saturated rings. The molecule has 0 N–H and O–H groups in total. The fraction of sp³-hybridized carbons (Fsp3) is 0.0612. The Balaban J connectivity index is 1.09. The second-order valence-electron chi connectivity index (χ2n) is 14.6. The molecule has 2 heteroatoms. The Morgan fingerprint density at radius 2 is 0.922 bits per heavy atom. The second kappa shape index (κ2) is 10.3. The molecule has 0 atom stereocenters. The monoisotopic (exact) mass is 650 g/mol. The molecule has 2 heterocycles. The van der Waals surface area contributed by atoms with Gasteiger partial charge in [-0.25, -0.2) is 0 Å². The molecule has 51 heavy (non-hydrogen) atoms. The SMILES string of the molecule is CC1(C)c2ccccc2-c2ccc(-n3c4ccccc4c4cc(-c5ccc6c(c5)c5ccccc5n6-c5cccc6ccccc56)ccc43)cc21. The van der Waals surface area contributed by atoms with Gasteiger partial charge >= 0.3 is 0 Å². The van der Waals surface area contributed by atoms with Crippen molar-refractivity contribution in [3.05, 3.63) is 181 Å². The van der Waals surface area contributed by atoms with Crippen molar-refractivity contribution in [1.82, 2.24) is 9.13 Å². The van der Waals surface area contributed by atoms with Crippen LogP contribution in [0.4, 0.5) is 0 Å². The van der Waals surface area contributed by atoms with E-state index < -0.39 is 0 Å². The lowest BCUT2D eigenvalue weighted by Crippen LogP contribution is -2.15. The van der Waals surface area contributed by atoms with E-state index in [0.717, 1.165) is 0 Å². The smallest absolute Gasteiger partial charge is 0.0541 e. The molecule has 0 aliphatic heterocycles. The summed E-state index contributed by atoms with van der Waals surface area (Å²) in [6, 6.07) is 62.9. The Morgan fingerprint density at radius 1 is 0.373 bits per heavy atom. The lowest BCUT2D eigenvalue weighted by Gasteiger charge is -2.22. The largest absolute Gasteiger partial charge is 0.309 e. The first-order valence-electron chi connectivity index (χ1n) is 17.9. The summed E-state index contributed by atoms with van der Waals surface area (Å²) < 4.78 is 4.89. The molecule has 8 aromatic carbocycles. The molecule has 1 aliphatic carbocycles. The van der Waals surface area contributed by atoms with Crippen LogP contribution in [0.25, 0.3) is 88.0 Å². The maximum atomic E-state index is 2.45. The molecule has 2 aromatic heterocycles. The predicted molar refractivity (Wildman–Crippen MR) is 216 cm³/mol. The first-order valence-corrected chi connectivity index (χ1v) is 17.9. The van der Waals surface area contributed by atoms with Crippen LogP contribution in [-0.4, -0.2) is 9.13 Å². The van der Waals surface area contributed by atoms with Gasteiger partial charge in [-0.2, -0.15) is 0 Å². The third-order valence-corrected chi connectivity index (χ3v) is 11.5. The van der Waals surface area contributed by atoms with Crippen molar-refractivity contribution >= 4 is 54.4 Å². The van der Waals surface area contributed by atoms with Gasteiger partial charge in [0.25, 0.3) is 0 Å². The van der Waals surface area contributed by atoms with Crippen molar-refractivity contribution in [2.24, 2.45) is 0 Å². The number of hydrogen-bond donors (Lipinski definition) is 0. The van der Waals surface area contributed by atoms with Gasteiger partial charge in [0.1, 0.15) is 0 Å². The quantitative estimate of drug-likeness (QED) is 0.180. The fourth-order valence-electron chi connectivity index (χ4n) is 9.08. The van der Waals surface area contributed by atoms with Crippen LogP contribution in [-0.2, 0) is 5.41 Å². The summed E-state index contributed by atoms with van der Waals surface area (Å²) in [5.74, 6) is 0. The standard InChI is InChI=1S/C49H34N2/c1-49(2)42-18-8-5-15-36(42)37-25-24-34(30-43(37)49)50-45-19-9-6-16-38(45)40-28-32(22-26-47(40)50)33-23-27-48-41(29-33)39-17-7-10-20-46(39)51(48)44-21-11-13-31-12-3-4-14-35(31)44/h3-30H,1-2H3. The van der Waals surface area contributed by atoms with Gasteiger partial charge in [0, 0.05) is 38.0 Å². The number of benzene rings is 8. The minimum atomic E-state index is -0.0523. The zero-order chi connectivity index (χ0) is 33.8. The van der Waals surface area contributed by atoms with Crippen LogP contribution in [0.3, 0.4) is 0 Å². The predicted octanol–water partition coefficient (Wildman–Crippen LogP) is 13.0. The van der Waals surface area contributed by atoms with E-state index in [4.69, 9.17) is 0 Å². The van der Waals surface area contributed by atoms with Gasteiger partial charge in [-0.3, -0.25) is 0 Å². The highest BCUT2D eigenvalue weighted by Crippen LogP contribution is 2.49. The third kappa shape index (κ3) is 3.93. The number of aromatic nitrogens is 2. The Labute approximate surface area is 296 Å². The van der Waals surface area contributed by atoms with Crippen molar-refractivity contribution < 1.29 is 0 Å². The van der Waals surface area contributed by atoms with E-state index in [1.807, 2.05) is 0 Å². The number of nitrogens with zero attached hydrogens (tertiary/aromatic N) is 2. The summed E-state index contributed by atoms with van der Waals surface area (Å²) in [4.78, 5) is 0. The van der Waals surface area contributed by atoms with Crippen LogP contribution in [0, 0.1) is 0 Å². The summed E-state index contributed by atoms with van der Waals surface area (Å²) in [5.41, 5.74) is 15.2. The summed E-state index contributed by atoms with van der Waals surface area (Å²) in [5, 5.41) is 7.57. The molecule has 2 nitrogen and oxygen atoms in total. The van der Waals surface area contributed by atoms with Gasteiger partial charge in [0.05, 0.1) is 27.8 Å². The maximum absolute atomic E-state index is 2.45. The highest BCUT2D eigenvalue weighted by molar-refractivity contribution is 6.13. The molecule has 0 saturated heterocycles. The van der Waals surface area contributed by atoms with Crippen molar-refractivity contribution in [1.29, 1.82) is 0 Å². The van der Waals surface area contributed by atoms with Gasteiger partial charge in [0.2, 0.25) is 0 Å². The van der Waals surface area contributed by atoms with E-state index in [0.29, 0.717) is 0 Å². The second-order valence-corrected chi connectivity index (χ2v) is 14.6. The van der Waals surface area contributed by atoms with Gasteiger partial charge in [0.15, 0.2) is 0 Å². The summed E-state index contributed by atoms with van der Waals surface area (Å²) in [7, 11) is 0. The molecule has 240 valence electrons. The first-order chi connectivity index (χ1) is 25.1. The van der Waals surface area contributed by atoms with E-state index >= 15 is 0 Å². The molecular weight excluding hydrogens is 617 g/mol. The van der Waals surface area contributed by atoms with Crippen LogP contribution >= 0.6 is 0 Å². The minimum Gasteiger partial charge on any atom is -0.309 e. The van der Waals surface area contributed by atoms with Crippen LogP contribution in [0.1, 0.15) is 25.0 Å². The van der Waals surface area contributed by atoms with Gasteiger partial charge in [-0.05, 0) is 93.4 Å². The van der Waals surface area contributed by atoms with Crippen LogP contribution in [0.15, 0.2) is 170 Å². The Kier molecular flexibility index (Phi) is 5.76. The fourth-order valence-corrected chi connectivity index (χ4v) is 9.08. The topological polar surface area (TPSA) is 9.86 Å². The van der Waals surface area contributed by atoms with E-state index in [1.165, 1.54) is 99.1 Å². The Bertz CT molecular complexity index is 3050. The number of rotatable bonds is 3. The summed E-state index contributed by atoms with van der Waals surface area (Å²) >= 11 is 0. The Hall–Kier alpha value is -6.38. The zero-order valence-corrected chi connectivity index (χ0v) is 28.6. The molecule has 0 saturated carbocycles. The van der Waals surface area contributed by atoms with E-state index in [2.05, 4.69) is 193 Å². The van der Waals surface area contributed by atoms with Crippen molar-refractivity contribution in [2.45, 2.75) is 19.3 Å². The third-order valence-electron chi connectivity index (χ3n) is 11.5. The Morgan fingerprint density at radius 3 is 1.67 bits per heavy atom. The molecule has 0 radical (unpaired) electrons. The average Bonchev–Trinajstić information content (AvgIpc) is 3.77. The molecule has 10 aromatic rings. The van der Waals surface area contributed by atoms with Gasteiger partial charge < -0.3 is 9.13 Å². The average molecular weight is 651 g/mol. The lowest BCUT2D eigenvalue weighted by molar-refractivity contribution is 0.660. The summed E-state index contributed by atoms with van der Waals surface area (Å²) in [6.07, 6.45) is 0. The molecule has 0 spiro atoms. The lowest BCUT2D eigenvalue weighted by atomic mass is 9.82. The number of hydrogen-bond acceptors (Lipinski definition) is 0. The van der Waals surface area contributed by atoms with Gasteiger partial charge in [-0.1, -0.05) is 129 Å². The molecule has 0 amide bonds. The van der Waals surface area contributed by atoms with Gasteiger partial charge in [-0.15, -0.1) is 0 Å². The van der Waals surface area contributed by atoms with Crippen molar-refractivity contribution in [3.63, 3.8) is 0 Å². The molecule has 0 unspecified atom stereocenters. The normalized spacial score (nSPS) is 13.5. The van der Waals surface area contributed by atoms with E-state index in [-0.39, 0.29) is 5.41 Å². The molecule has 0 bridgehead atoms.